The molecule has 2 rings (SSSR count). The minimum atomic E-state index is 0.138. The summed E-state index contributed by atoms with van der Waals surface area (Å²) in [6, 6.07) is 7.86. The van der Waals surface area contributed by atoms with E-state index in [4.69, 9.17) is 10.5 Å². The van der Waals surface area contributed by atoms with E-state index in [1.165, 1.54) is 12.8 Å². The number of hydrogen-bond acceptors (Lipinski definition) is 3. The average molecular weight is 276 g/mol. The molecule has 1 unspecified atom stereocenters. The third kappa shape index (κ3) is 3.73. The van der Waals surface area contributed by atoms with Gasteiger partial charge < -0.3 is 15.4 Å². The van der Waals surface area contributed by atoms with Crippen molar-refractivity contribution in [3.8, 4) is 0 Å². The molecule has 0 spiro atoms. The normalized spacial score (nSPS) is 15.9. The van der Waals surface area contributed by atoms with Gasteiger partial charge in [0.15, 0.2) is 0 Å². The summed E-state index contributed by atoms with van der Waals surface area (Å²) < 4.78 is 5.13. The highest BCUT2D eigenvalue weighted by Crippen LogP contribution is 2.35. The smallest absolute Gasteiger partial charge is 0.227 e. The molecule has 1 aliphatic rings. The number of amides is 1. The quantitative estimate of drug-likeness (QED) is 0.776. The number of anilines is 1. The molecule has 1 aromatic rings. The minimum absolute atomic E-state index is 0.138. The molecule has 4 nitrogen and oxygen atoms in total. The van der Waals surface area contributed by atoms with Crippen molar-refractivity contribution in [2.75, 3.05) is 26.0 Å². The van der Waals surface area contributed by atoms with Crippen LogP contribution in [-0.4, -0.2) is 37.1 Å². The largest absolute Gasteiger partial charge is 0.398 e. The van der Waals surface area contributed by atoms with Crippen LogP contribution in [0, 0.1) is 5.92 Å². The number of methoxy groups -OCH3 is 1. The van der Waals surface area contributed by atoms with E-state index in [1.807, 2.05) is 29.2 Å². The van der Waals surface area contributed by atoms with Crippen LogP contribution in [0.4, 0.5) is 5.69 Å². The predicted molar refractivity (Wildman–Crippen MR) is 80.3 cm³/mol. The Morgan fingerprint density at radius 1 is 1.45 bits per heavy atom. The summed E-state index contributed by atoms with van der Waals surface area (Å²) in [5, 5.41) is 0. The zero-order valence-electron chi connectivity index (χ0n) is 12.3. The lowest BCUT2D eigenvalue weighted by molar-refractivity contribution is -0.133. The monoisotopic (exact) mass is 276 g/mol. The van der Waals surface area contributed by atoms with Gasteiger partial charge in [0.1, 0.15) is 0 Å². The number of carbonyl (C=O) groups excluding carboxylic acids is 1. The number of benzene rings is 1. The van der Waals surface area contributed by atoms with Gasteiger partial charge in [-0.15, -0.1) is 0 Å². The molecule has 4 heteroatoms. The lowest BCUT2D eigenvalue weighted by atomic mass is 10.1. The van der Waals surface area contributed by atoms with E-state index in [1.54, 1.807) is 7.11 Å². The van der Waals surface area contributed by atoms with Gasteiger partial charge in [-0.05, 0) is 37.3 Å². The minimum Gasteiger partial charge on any atom is -0.398 e. The van der Waals surface area contributed by atoms with Gasteiger partial charge in [0.05, 0.1) is 13.0 Å². The first kappa shape index (κ1) is 14.9. The zero-order chi connectivity index (χ0) is 14.5. The van der Waals surface area contributed by atoms with Gasteiger partial charge in [0, 0.05) is 25.4 Å². The third-order valence-electron chi connectivity index (χ3n) is 4.05. The maximum absolute atomic E-state index is 12.6. The van der Waals surface area contributed by atoms with Crippen molar-refractivity contribution in [3.05, 3.63) is 29.8 Å². The second-order valence-electron chi connectivity index (χ2n) is 5.53. The molecular weight excluding hydrogens is 252 g/mol. The Labute approximate surface area is 120 Å². The van der Waals surface area contributed by atoms with Crippen LogP contribution < -0.4 is 5.73 Å². The number of ether oxygens (including phenoxy) is 1. The molecule has 0 bridgehead atoms. The molecule has 0 aromatic heterocycles. The number of hydrogen-bond donors (Lipinski definition) is 1. The van der Waals surface area contributed by atoms with E-state index in [9.17, 15) is 4.79 Å². The first-order valence-electron chi connectivity index (χ1n) is 7.25. The Bertz CT molecular complexity index is 458. The van der Waals surface area contributed by atoms with Crippen LogP contribution >= 0.6 is 0 Å². The van der Waals surface area contributed by atoms with E-state index in [0.717, 1.165) is 5.56 Å². The molecule has 1 aliphatic carbocycles. The first-order chi connectivity index (χ1) is 9.63. The summed E-state index contributed by atoms with van der Waals surface area (Å²) in [7, 11) is 1.67. The van der Waals surface area contributed by atoms with Crippen LogP contribution in [0.5, 0.6) is 0 Å². The molecular formula is C16H24N2O2. The summed E-state index contributed by atoms with van der Waals surface area (Å²) in [6.45, 7) is 3.37. The zero-order valence-corrected chi connectivity index (χ0v) is 12.3. The molecule has 1 fully saturated rings. The lowest BCUT2D eigenvalue weighted by Gasteiger charge is -2.29. The maximum Gasteiger partial charge on any atom is 0.227 e. The Morgan fingerprint density at radius 2 is 2.15 bits per heavy atom. The fraction of sp³-hybridized carbons (Fsp3) is 0.562. The molecule has 20 heavy (non-hydrogen) atoms. The molecule has 1 aromatic carbocycles. The SMILES string of the molecule is COCCN(C(=O)Cc1ccccc1N)C(C)C1CC1. The fourth-order valence-corrected chi connectivity index (χ4v) is 2.54. The number of nitrogen functional groups attached to an aromatic ring is 1. The Hall–Kier alpha value is -1.55. The van der Waals surface area contributed by atoms with Crippen molar-refractivity contribution in [3.63, 3.8) is 0 Å². The second-order valence-corrected chi connectivity index (χ2v) is 5.53. The van der Waals surface area contributed by atoms with E-state index in [2.05, 4.69) is 6.92 Å². The Balaban J connectivity index is 2.03. The van der Waals surface area contributed by atoms with Crippen LogP contribution in [0.25, 0.3) is 0 Å². The summed E-state index contributed by atoms with van der Waals surface area (Å²) in [5.74, 6) is 0.795. The predicted octanol–water partition coefficient (Wildman–Crippen LogP) is 2.08. The second kappa shape index (κ2) is 6.75. The van der Waals surface area contributed by atoms with Crippen molar-refractivity contribution in [1.82, 2.24) is 4.90 Å². The molecule has 0 saturated heterocycles. The number of nitrogens with zero attached hydrogens (tertiary/aromatic N) is 1. The van der Waals surface area contributed by atoms with Crippen molar-refractivity contribution in [2.45, 2.75) is 32.2 Å². The standard InChI is InChI=1S/C16H24N2O2/c1-12(13-7-8-13)18(9-10-20-2)16(19)11-14-5-3-4-6-15(14)17/h3-6,12-13H,7-11,17H2,1-2H3. The fourth-order valence-electron chi connectivity index (χ4n) is 2.54. The van der Waals surface area contributed by atoms with Crippen molar-refractivity contribution < 1.29 is 9.53 Å². The summed E-state index contributed by atoms with van der Waals surface area (Å²) in [6.07, 6.45) is 2.82. The highest BCUT2D eigenvalue weighted by atomic mass is 16.5. The highest BCUT2D eigenvalue weighted by molar-refractivity contribution is 5.80. The maximum atomic E-state index is 12.6. The number of carbonyl (C=O) groups is 1. The topological polar surface area (TPSA) is 55.6 Å². The summed E-state index contributed by atoms with van der Waals surface area (Å²) in [4.78, 5) is 14.5. The van der Waals surface area contributed by atoms with E-state index < -0.39 is 0 Å². The van der Waals surface area contributed by atoms with Gasteiger partial charge in [0.2, 0.25) is 5.91 Å². The lowest BCUT2D eigenvalue weighted by Crippen LogP contribution is -2.42. The Kier molecular flexibility index (Phi) is 5.01. The van der Waals surface area contributed by atoms with E-state index in [-0.39, 0.29) is 5.91 Å². The molecule has 2 N–H and O–H groups in total. The average Bonchev–Trinajstić information content (AvgIpc) is 3.26. The number of nitrogens with two attached hydrogens (primary N) is 1. The van der Waals surface area contributed by atoms with Crippen LogP contribution in [0.3, 0.4) is 0 Å². The van der Waals surface area contributed by atoms with Crippen LogP contribution in [0.15, 0.2) is 24.3 Å². The highest BCUT2D eigenvalue weighted by Gasteiger charge is 2.34. The van der Waals surface area contributed by atoms with E-state index in [0.29, 0.717) is 37.2 Å². The molecule has 0 radical (unpaired) electrons. The molecule has 1 saturated carbocycles. The van der Waals surface area contributed by atoms with Gasteiger partial charge >= 0.3 is 0 Å². The van der Waals surface area contributed by atoms with Gasteiger partial charge in [-0.2, -0.15) is 0 Å². The summed E-state index contributed by atoms with van der Waals surface area (Å²) >= 11 is 0. The molecule has 110 valence electrons. The number of para-hydroxylation sites is 1. The van der Waals surface area contributed by atoms with Crippen molar-refractivity contribution in [1.29, 1.82) is 0 Å². The molecule has 0 aliphatic heterocycles. The van der Waals surface area contributed by atoms with Crippen LogP contribution in [0.1, 0.15) is 25.3 Å². The first-order valence-corrected chi connectivity index (χ1v) is 7.25. The van der Waals surface area contributed by atoms with Crippen molar-refractivity contribution in [2.24, 2.45) is 5.92 Å². The summed E-state index contributed by atoms with van der Waals surface area (Å²) in [5.41, 5.74) is 7.51. The van der Waals surface area contributed by atoms with Gasteiger partial charge in [-0.25, -0.2) is 0 Å². The van der Waals surface area contributed by atoms with Gasteiger partial charge in [0.25, 0.3) is 0 Å². The van der Waals surface area contributed by atoms with Gasteiger partial charge in [-0.1, -0.05) is 18.2 Å². The Morgan fingerprint density at radius 3 is 2.75 bits per heavy atom. The van der Waals surface area contributed by atoms with E-state index >= 15 is 0 Å². The molecule has 0 heterocycles. The molecule has 1 amide bonds. The van der Waals surface area contributed by atoms with Crippen LogP contribution in [-0.2, 0) is 16.0 Å². The van der Waals surface area contributed by atoms with Gasteiger partial charge in [-0.3, -0.25) is 4.79 Å². The third-order valence-corrected chi connectivity index (χ3v) is 4.05. The molecule has 1 atom stereocenters. The number of rotatable bonds is 7. The van der Waals surface area contributed by atoms with Crippen molar-refractivity contribution >= 4 is 11.6 Å². The van der Waals surface area contributed by atoms with Crippen LogP contribution in [0.2, 0.25) is 0 Å².